The zero-order valence-electron chi connectivity index (χ0n) is 17.2. The summed E-state index contributed by atoms with van der Waals surface area (Å²) in [7, 11) is 4.96. The first-order chi connectivity index (χ1) is 14.6. The Morgan fingerprint density at radius 2 is 1.90 bits per heavy atom. The lowest BCUT2D eigenvalue weighted by molar-refractivity contribution is 0.390. The van der Waals surface area contributed by atoms with Crippen molar-refractivity contribution in [3.05, 3.63) is 65.8 Å². The van der Waals surface area contributed by atoms with Crippen LogP contribution in [-0.2, 0) is 13.0 Å². The molecule has 0 saturated heterocycles. The van der Waals surface area contributed by atoms with E-state index in [0.29, 0.717) is 31.4 Å². The van der Waals surface area contributed by atoms with Crippen molar-refractivity contribution in [2.75, 3.05) is 27.8 Å². The van der Waals surface area contributed by atoms with Crippen LogP contribution in [0.25, 0.3) is 11.5 Å². The minimum Gasteiger partial charge on any atom is -0.497 e. The van der Waals surface area contributed by atoms with Crippen molar-refractivity contribution < 1.29 is 18.3 Å². The molecule has 3 rings (SSSR count). The molecule has 0 aliphatic rings. The molecule has 0 amide bonds. The fourth-order valence-electron chi connectivity index (χ4n) is 2.85. The Morgan fingerprint density at radius 1 is 1.10 bits per heavy atom. The highest BCUT2D eigenvalue weighted by Gasteiger charge is 2.08. The molecule has 30 heavy (non-hydrogen) atoms. The highest BCUT2D eigenvalue weighted by Crippen LogP contribution is 2.24. The number of halogens is 1. The van der Waals surface area contributed by atoms with E-state index in [1.165, 1.54) is 12.1 Å². The van der Waals surface area contributed by atoms with E-state index in [4.69, 9.17) is 13.9 Å². The smallest absolute Gasteiger partial charge is 0.226 e. The van der Waals surface area contributed by atoms with Crippen LogP contribution in [0.4, 0.5) is 4.39 Å². The largest absolute Gasteiger partial charge is 0.497 e. The van der Waals surface area contributed by atoms with Crippen LogP contribution in [0.3, 0.4) is 0 Å². The maximum atomic E-state index is 13.0. The predicted molar refractivity (Wildman–Crippen MR) is 113 cm³/mol. The van der Waals surface area contributed by atoms with Gasteiger partial charge in [-0.3, -0.25) is 4.99 Å². The van der Waals surface area contributed by atoms with E-state index in [0.717, 1.165) is 28.3 Å². The molecule has 0 atom stereocenters. The van der Waals surface area contributed by atoms with Crippen molar-refractivity contribution >= 4 is 5.96 Å². The van der Waals surface area contributed by atoms with Crippen molar-refractivity contribution in [1.82, 2.24) is 15.6 Å². The summed E-state index contributed by atoms with van der Waals surface area (Å²) in [6.45, 7) is 1.17. The number of hydrogen-bond acceptors (Lipinski definition) is 5. The number of aliphatic imine (C=N–C) groups is 1. The van der Waals surface area contributed by atoms with E-state index in [2.05, 4.69) is 20.6 Å². The molecular formula is C22H25FN4O3. The zero-order chi connectivity index (χ0) is 21.3. The van der Waals surface area contributed by atoms with Gasteiger partial charge in [0.05, 0.1) is 19.9 Å². The van der Waals surface area contributed by atoms with Crippen molar-refractivity contribution in [3.63, 3.8) is 0 Å². The standard InChI is InChI=1S/C22H25FN4O3/c1-24-22(26-13-16-6-9-19(28-2)12-20(16)29-3)25-11-10-18-14-30-21(27-18)15-4-7-17(23)8-5-15/h4-9,12,14H,10-11,13H2,1-3H3,(H2,24,25,26). The Bertz CT molecular complexity index is 986. The minimum atomic E-state index is -0.291. The lowest BCUT2D eigenvalue weighted by Crippen LogP contribution is -2.37. The first-order valence-corrected chi connectivity index (χ1v) is 9.48. The molecule has 1 aromatic heterocycles. The van der Waals surface area contributed by atoms with Crippen LogP contribution in [0.1, 0.15) is 11.3 Å². The normalized spacial score (nSPS) is 11.3. The number of rotatable bonds is 8. The molecule has 8 heteroatoms. The van der Waals surface area contributed by atoms with Gasteiger partial charge in [0.2, 0.25) is 5.89 Å². The number of oxazole rings is 1. The number of ether oxygens (including phenoxy) is 2. The van der Waals surface area contributed by atoms with E-state index >= 15 is 0 Å². The van der Waals surface area contributed by atoms with Gasteiger partial charge in [-0.1, -0.05) is 0 Å². The number of benzene rings is 2. The molecule has 0 fully saturated rings. The number of aromatic nitrogens is 1. The summed E-state index contributed by atoms with van der Waals surface area (Å²) in [5.41, 5.74) is 2.53. The Morgan fingerprint density at radius 3 is 2.60 bits per heavy atom. The van der Waals surface area contributed by atoms with Crippen LogP contribution in [-0.4, -0.2) is 38.8 Å². The van der Waals surface area contributed by atoms with E-state index in [-0.39, 0.29) is 5.82 Å². The van der Waals surface area contributed by atoms with Gasteiger partial charge in [0, 0.05) is 43.8 Å². The molecule has 1 heterocycles. The predicted octanol–water partition coefficient (Wildman–Crippen LogP) is 3.41. The minimum absolute atomic E-state index is 0.291. The van der Waals surface area contributed by atoms with E-state index in [1.807, 2.05) is 18.2 Å². The highest BCUT2D eigenvalue weighted by atomic mass is 19.1. The van der Waals surface area contributed by atoms with Crippen LogP contribution < -0.4 is 20.1 Å². The molecular weight excluding hydrogens is 387 g/mol. The summed E-state index contributed by atoms with van der Waals surface area (Å²) < 4.78 is 29.2. The Kier molecular flexibility index (Phi) is 7.26. The maximum Gasteiger partial charge on any atom is 0.226 e. The molecule has 158 valence electrons. The van der Waals surface area contributed by atoms with Crippen molar-refractivity contribution in [2.45, 2.75) is 13.0 Å². The number of nitrogens with one attached hydrogen (secondary N) is 2. The zero-order valence-corrected chi connectivity index (χ0v) is 17.2. The third-order valence-corrected chi connectivity index (χ3v) is 4.48. The third-order valence-electron chi connectivity index (χ3n) is 4.48. The highest BCUT2D eigenvalue weighted by molar-refractivity contribution is 5.79. The topological polar surface area (TPSA) is 80.9 Å². The fourth-order valence-corrected chi connectivity index (χ4v) is 2.85. The van der Waals surface area contributed by atoms with Gasteiger partial charge in [-0.25, -0.2) is 9.37 Å². The summed E-state index contributed by atoms with van der Waals surface area (Å²) in [5, 5.41) is 6.51. The van der Waals surface area contributed by atoms with Gasteiger partial charge in [-0.15, -0.1) is 0 Å². The van der Waals surface area contributed by atoms with Crippen molar-refractivity contribution in [2.24, 2.45) is 4.99 Å². The molecule has 7 nitrogen and oxygen atoms in total. The second-order valence-electron chi connectivity index (χ2n) is 6.43. The van der Waals surface area contributed by atoms with Gasteiger partial charge in [-0.2, -0.15) is 0 Å². The number of nitrogens with zero attached hydrogens (tertiary/aromatic N) is 2. The second kappa shape index (κ2) is 10.3. The van der Waals surface area contributed by atoms with Crippen LogP contribution in [0, 0.1) is 5.82 Å². The molecule has 2 aromatic carbocycles. The summed E-state index contributed by atoms with van der Waals surface area (Å²) in [6.07, 6.45) is 2.26. The summed E-state index contributed by atoms with van der Waals surface area (Å²) >= 11 is 0. The quantitative estimate of drug-likeness (QED) is 0.436. The van der Waals surface area contributed by atoms with E-state index < -0.39 is 0 Å². The van der Waals surface area contributed by atoms with Gasteiger partial charge >= 0.3 is 0 Å². The molecule has 2 N–H and O–H groups in total. The van der Waals surface area contributed by atoms with Crippen LogP contribution >= 0.6 is 0 Å². The summed E-state index contributed by atoms with van der Waals surface area (Å²) in [4.78, 5) is 8.68. The van der Waals surface area contributed by atoms with Crippen molar-refractivity contribution in [1.29, 1.82) is 0 Å². The average Bonchev–Trinajstić information content (AvgIpc) is 3.25. The molecule has 0 spiro atoms. The SMILES string of the molecule is CN=C(NCCc1coc(-c2ccc(F)cc2)n1)NCc1ccc(OC)cc1OC. The van der Waals surface area contributed by atoms with Gasteiger partial charge in [0.1, 0.15) is 23.6 Å². The van der Waals surface area contributed by atoms with Crippen LogP contribution in [0.15, 0.2) is 58.1 Å². The molecule has 0 aliphatic carbocycles. The maximum absolute atomic E-state index is 13.0. The monoisotopic (exact) mass is 412 g/mol. The Balaban J connectivity index is 1.50. The fraction of sp³-hybridized carbons (Fsp3) is 0.273. The molecule has 0 saturated carbocycles. The van der Waals surface area contributed by atoms with E-state index in [1.54, 1.807) is 39.7 Å². The Labute approximate surface area is 175 Å². The van der Waals surface area contributed by atoms with Gasteiger partial charge in [0.15, 0.2) is 5.96 Å². The average molecular weight is 412 g/mol. The number of methoxy groups -OCH3 is 2. The van der Waals surface area contributed by atoms with Gasteiger partial charge < -0.3 is 24.5 Å². The molecule has 0 bridgehead atoms. The molecule has 0 aliphatic heterocycles. The van der Waals surface area contributed by atoms with Crippen LogP contribution in [0.5, 0.6) is 11.5 Å². The van der Waals surface area contributed by atoms with Gasteiger partial charge in [-0.05, 0) is 36.4 Å². The molecule has 0 unspecified atom stereocenters. The first-order valence-electron chi connectivity index (χ1n) is 9.48. The lowest BCUT2D eigenvalue weighted by Gasteiger charge is -2.14. The number of guanidine groups is 1. The van der Waals surface area contributed by atoms with Crippen LogP contribution in [0.2, 0.25) is 0 Å². The second-order valence-corrected chi connectivity index (χ2v) is 6.43. The first kappa shape index (κ1) is 21.2. The van der Waals surface area contributed by atoms with E-state index in [9.17, 15) is 4.39 Å². The molecule has 3 aromatic rings. The van der Waals surface area contributed by atoms with Gasteiger partial charge in [0.25, 0.3) is 0 Å². The Hall–Kier alpha value is -3.55. The summed E-state index contributed by atoms with van der Waals surface area (Å²) in [5.74, 6) is 2.33. The third kappa shape index (κ3) is 5.50. The summed E-state index contributed by atoms with van der Waals surface area (Å²) in [6, 6.07) is 11.7. The lowest BCUT2D eigenvalue weighted by atomic mass is 10.2. The number of hydrogen-bond donors (Lipinski definition) is 2. The van der Waals surface area contributed by atoms with Crippen molar-refractivity contribution in [3.8, 4) is 23.0 Å². The molecule has 0 radical (unpaired) electrons.